The number of hydrogen-bond donors (Lipinski definition) is 0. The highest BCUT2D eigenvalue weighted by atomic mass is 35.5. The van der Waals surface area contributed by atoms with Crippen molar-refractivity contribution in [3.05, 3.63) is 29.0 Å². The molecule has 0 aliphatic heterocycles. The Morgan fingerprint density at radius 3 is 2.59 bits per heavy atom. The number of carbonyl (C=O) groups is 1. The minimum atomic E-state index is -4.32. The maximum atomic E-state index is 12.1. The molecule has 0 amide bonds. The summed E-state index contributed by atoms with van der Waals surface area (Å²) in [5, 5.41) is 0.421. The minimum absolute atomic E-state index is 0.103. The summed E-state index contributed by atoms with van der Waals surface area (Å²) in [6.07, 6.45) is -4.16. The van der Waals surface area contributed by atoms with Gasteiger partial charge in [-0.2, -0.15) is 13.2 Å². The molecule has 0 aliphatic rings. The second-order valence-electron chi connectivity index (χ2n) is 3.83. The SMILES string of the molecule is CC(CC(F)(F)F)C(=O)Cc1ccc(Cl)cn1. The normalized spacial score (nSPS) is 13.5. The fourth-order valence-electron chi connectivity index (χ4n) is 1.32. The van der Waals surface area contributed by atoms with Gasteiger partial charge >= 0.3 is 6.18 Å². The molecule has 6 heteroatoms. The van der Waals surface area contributed by atoms with E-state index in [1.54, 1.807) is 6.07 Å². The fraction of sp³-hybridized carbons (Fsp3) is 0.455. The Hall–Kier alpha value is -1.10. The highest BCUT2D eigenvalue weighted by molar-refractivity contribution is 6.30. The van der Waals surface area contributed by atoms with Gasteiger partial charge < -0.3 is 0 Å². The van der Waals surface area contributed by atoms with Crippen molar-refractivity contribution < 1.29 is 18.0 Å². The maximum Gasteiger partial charge on any atom is 0.389 e. The monoisotopic (exact) mass is 265 g/mol. The molecule has 1 heterocycles. The number of ketones is 1. The van der Waals surface area contributed by atoms with Gasteiger partial charge in [0.1, 0.15) is 5.78 Å². The molecule has 1 unspecified atom stereocenters. The molecular weight excluding hydrogens is 255 g/mol. The van der Waals surface area contributed by atoms with Crippen LogP contribution in [0.25, 0.3) is 0 Å². The summed E-state index contributed by atoms with van der Waals surface area (Å²) in [6.45, 7) is 1.27. The molecule has 1 rings (SSSR count). The predicted molar refractivity (Wildman–Crippen MR) is 57.8 cm³/mol. The van der Waals surface area contributed by atoms with Gasteiger partial charge in [0.2, 0.25) is 0 Å². The van der Waals surface area contributed by atoms with Gasteiger partial charge in [-0.05, 0) is 12.1 Å². The Kier molecular flexibility index (Phi) is 4.51. The van der Waals surface area contributed by atoms with Gasteiger partial charge in [-0.15, -0.1) is 0 Å². The van der Waals surface area contributed by atoms with E-state index in [0.717, 1.165) is 0 Å². The summed E-state index contributed by atoms with van der Waals surface area (Å²) in [4.78, 5) is 15.4. The quantitative estimate of drug-likeness (QED) is 0.835. The van der Waals surface area contributed by atoms with Crippen LogP contribution in [0.2, 0.25) is 5.02 Å². The average molecular weight is 266 g/mol. The van der Waals surface area contributed by atoms with E-state index < -0.39 is 24.3 Å². The van der Waals surface area contributed by atoms with Gasteiger partial charge in [0.25, 0.3) is 0 Å². The average Bonchev–Trinajstić information content (AvgIpc) is 2.19. The van der Waals surface area contributed by atoms with Gasteiger partial charge in [-0.25, -0.2) is 0 Å². The van der Waals surface area contributed by atoms with Crippen molar-refractivity contribution in [1.29, 1.82) is 0 Å². The lowest BCUT2D eigenvalue weighted by atomic mass is 9.98. The van der Waals surface area contributed by atoms with Gasteiger partial charge in [-0.1, -0.05) is 18.5 Å². The van der Waals surface area contributed by atoms with Crippen LogP contribution < -0.4 is 0 Å². The molecule has 2 nitrogen and oxygen atoms in total. The summed E-state index contributed by atoms with van der Waals surface area (Å²) >= 11 is 5.60. The Morgan fingerprint density at radius 2 is 2.12 bits per heavy atom. The summed E-state index contributed by atoms with van der Waals surface area (Å²) in [5.41, 5.74) is 0.424. The Labute approximate surface area is 102 Å². The molecule has 0 saturated heterocycles. The van der Waals surface area contributed by atoms with Crippen LogP contribution in [0.3, 0.4) is 0 Å². The van der Waals surface area contributed by atoms with Crippen molar-refractivity contribution in [3.63, 3.8) is 0 Å². The van der Waals surface area contributed by atoms with E-state index in [9.17, 15) is 18.0 Å². The number of halogens is 4. The molecule has 0 saturated carbocycles. The molecule has 1 aromatic heterocycles. The lowest BCUT2D eigenvalue weighted by Gasteiger charge is -2.12. The fourth-order valence-corrected chi connectivity index (χ4v) is 1.44. The third kappa shape index (κ3) is 5.17. The zero-order chi connectivity index (χ0) is 13.1. The number of pyridine rings is 1. The van der Waals surface area contributed by atoms with E-state index in [0.29, 0.717) is 10.7 Å². The summed E-state index contributed by atoms with van der Waals surface area (Å²) in [5.74, 6) is -1.52. The molecule has 1 aromatic rings. The van der Waals surface area contributed by atoms with E-state index in [2.05, 4.69) is 4.98 Å². The number of nitrogens with zero attached hydrogens (tertiary/aromatic N) is 1. The van der Waals surface area contributed by atoms with Crippen LogP contribution in [-0.4, -0.2) is 16.9 Å². The molecule has 17 heavy (non-hydrogen) atoms. The number of rotatable bonds is 4. The Bertz CT molecular complexity index is 389. The van der Waals surface area contributed by atoms with Crippen molar-refractivity contribution >= 4 is 17.4 Å². The molecule has 0 fully saturated rings. The van der Waals surface area contributed by atoms with Crippen molar-refractivity contribution in [1.82, 2.24) is 4.98 Å². The summed E-state index contributed by atoms with van der Waals surface area (Å²) < 4.78 is 36.2. The summed E-state index contributed by atoms with van der Waals surface area (Å²) in [7, 11) is 0. The van der Waals surface area contributed by atoms with E-state index in [1.807, 2.05) is 0 Å². The molecule has 0 N–H and O–H groups in total. The van der Waals surface area contributed by atoms with Crippen LogP contribution in [0.1, 0.15) is 19.0 Å². The lowest BCUT2D eigenvalue weighted by Crippen LogP contribution is -2.21. The Morgan fingerprint density at radius 1 is 1.47 bits per heavy atom. The number of hydrogen-bond acceptors (Lipinski definition) is 2. The first-order valence-corrected chi connectivity index (χ1v) is 5.35. The first-order chi connectivity index (χ1) is 7.78. The molecule has 94 valence electrons. The van der Waals surface area contributed by atoms with Crippen molar-refractivity contribution in [3.8, 4) is 0 Å². The first kappa shape index (κ1) is 14.0. The molecule has 0 bridgehead atoms. The smallest absolute Gasteiger partial charge is 0.299 e. The van der Waals surface area contributed by atoms with Crippen LogP contribution in [0.5, 0.6) is 0 Å². The lowest BCUT2D eigenvalue weighted by molar-refractivity contribution is -0.151. The molecule has 0 radical (unpaired) electrons. The van der Waals surface area contributed by atoms with Crippen LogP contribution in [-0.2, 0) is 11.2 Å². The van der Waals surface area contributed by atoms with Crippen LogP contribution >= 0.6 is 11.6 Å². The molecule has 0 spiro atoms. The third-order valence-electron chi connectivity index (χ3n) is 2.23. The second-order valence-corrected chi connectivity index (χ2v) is 4.27. The van der Waals surface area contributed by atoms with Gasteiger partial charge in [0.15, 0.2) is 0 Å². The highest BCUT2D eigenvalue weighted by Gasteiger charge is 2.32. The van der Waals surface area contributed by atoms with Crippen molar-refractivity contribution in [2.45, 2.75) is 25.9 Å². The van der Waals surface area contributed by atoms with Crippen LogP contribution in [0, 0.1) is 5.92 Å². The molecule has 1 atom stereocenters. The van der Waals surface area contributed by atoms with Gasteiger partial charge in [-0.3, -0.25) is 9.78 Å². The van der Waals surface area contributed by atoms with E-state index in [4.69, 9.17) is 11.6 Å². The number of carbonyl (C=O) groups excluding carboxylic acids is 1. The van der Waals surface area contributed by atoms with E-state index in [1.165, 1.54) is 19.2 Å². The van der Waals surface area contributed by atoms with Crippen molar-refractivity contribution in [2.75, 3.05) is 0 Å². The third-order valence-corrected chi connectivity index (χ3v) is 2.45. The summed E-state index contributed by atoms with van der Waals surface area (Å²) in [6, 6.07) is 3.08. The predicted octanol–water partition coefficient (Wildman–Crippen LogP) is 3.44. The van der Waals surface area contributed by atoms with E-state index in [-0.39, 0.29) is 6.42 Å². The highest BCUT2D eigenvalue weighted by Crippen LogP contribution is 2.25. The largest absolute Gasteiger partial charge is 0.389 e. The zero-order valence-electron chi connectivity index (χ0n) is 9.09. The molecule has 0 aliphatic carbocycles. The molecular formula is C11H11ClF3NO. The number of aromatic nitrogens is 1. The van der Waals surface area contributed by atoms with Gasteiger partial charge in [0.05, 0.1) is 11.4 Å². The standard InChI is InChI=1S/C11H11ClF3NO/c1-7(5-11(13,14)15)10(17)4-9-3-2-8(12)6-16-9/h2-3,6-7H,4-5H2,1H3. The van der Waals surface area contributed by atoms with Crippen LogP contribution in [0.4, 0.5) is 13.2 Å². The topological polar surface area (TPSA) is 30.0 Å². The van der Waals surface area contributed by atoms with Gasteiger partial charge in [0, 0.05) is 24.2 Å². The van der Waals surface area contributed by atoms with E-state index >= 15 is 0 Å². The Balaban J connectivity index is 2.57. The molecule has 0 aromatic carbocycles. The second kappa shape index (κ2) is 5.49. The first-order valence-electron chi connectivity index (χ1n) is 4.98. The zero-order valence-corrected chi connectivity index (χ0v) is 9.85. The minimum Gasteiger partial charge on any atom is -0.299 e. The van der Waals surface area contributed by atoms with Crippen molar-refractivity contribution in [2.24, 2.45) is 5.92 Å². The number of alkyl halides is 3. The van der Waals surface area contributed by atoms with Crippen LogP contribution in [0.15, 0.2) is 18.3 Å². The maximum absolute atomic E-state index is 12.1. The number of Topliss-reactive ketones (excluding diaryl/α,β-unsaturated/α-hetero) is 1.